The Hall–Kier alpha value is -0.830. The van der Waals surface area contributed by atoms with Crippen LogP contribution < -0.4 is 10.5 Å². The van der Waals surface area contributed by atoms with Crippen molar-refractivity contribution in [2.24, 2.45) is 5.73 Å². The summed E-state index contributed by atoms with van der Waals surface area (Å²) in [5, 5.41) is 0.534. The van der Waals surface area contributed by atoms with Crippen LogP contribution in [-0.2, 0) is 10.0 Å². The van der Waals surface area contributed by atoms with Gasteiger partial charge in [-0.3, -0.25) is 9.62 Å². The van der Waals surface area contributed by atoms with Crippen LogP contribution in [0.15, 0.2) is 29.4 Å². The Labute approximate surface area is 158 Å². The lowest BCUT2D eigenvalue weighted by molar-refractivity contribution is 0.146. The van der Waals surface area contributed by atoms with Gasteiger partial charge in [-0.2, -0.15) is 4.37 Å². The highest BCUT2D eigenvalue weighted by Crippen LogP contribution is 2.33. The van der Waals surface area contributed by atoms with Crippen LogP contribution in [-0.4, -0.2) is 35.0 Å². The fraction of sp³-hybridized carbons (Fsp3) is 0.429. The molecule has 0 bridgehead atoms. The molecule has 1 aromatic heterocycles. The first-order valence-electron chi connectivity index (χ1n) is 7.74. The molecule has 1 unspecified atom stereocenters. The second-order valence-electron chi connectivity index (χ2n) is 5.78. The van der Waals surface area contributed by atoms with Gasteiger partial charge < -0.3 is 5.73 Å². The van der Waals surface area contributed by atoms with Gasteiger partial charge in [0, 0.05) is 34.4 Å². The third-order valence-electron chi connectivity index (χ3n) is 4.13. The minimum absolute atomic E-state index is 0.0599. The molecule has 1 fully saturated rings. The molecule has 3 rings (SSSR count). The first kappa shape index (κ1) is 18.9. The van der Waals surface area contributed by atoms with Crippen molar-refractivity contribution in [2.45, 2.75) is 36.1 Å². The van der Waals surface area contributed by atoms with Crippen molar-refractivity contribution in [1.82, 2.24) is 14.3 Å². The van der Waals surface area contributed by atoms with E-state index in [0.29, 0.717) is 16.4 Å². The van der Waals surface area contributed by atoms with Gasteiger partial charge in [0.1, 0.15) is 6.33 Å². The van der Waals surface area contributed by atoms with Gasteiger partial charge >= 0.3 is 0 Å². The van der Waals surface area contributed by atoms with E-state index in [0.717, 1.165) is 30.9 Å². The third-order valence-corrected chi connectivity index (χ3v) is 7.22. The van der Waals surface area contributed by atoms with Crippen LogP contribution in [0.5, 0.6) is 0 Å². The average Bonchev–Trinajstić information content (AvgIpc) is 3.07. The Morgan fingerprint density at radius 2 is 2.24 bits per heavy atom. The van der Waals surface area contributed by atoms with Gasteiger partial charge in [-0.1, -0.05) is 24.1 Å². The van der Waals surface area contributed by atoms with Gasteiger partial charge in [0.15, 0.2) is 0 Å². The SMILES string of the molecule is N[C@@H](c1ccc(S(=O)(=O)Nc2ncns2)cc1Cl)N1CCCC[C@H]1P. The Morgan fingerprint density at radius 1 is 1.44 bits per heavy atom. The van der Waals surface area contributed by atoms with E-state index in [1.54, 1.807) is 6.07 Å². The van der Waals surface area contributed by atoms with E-state index in [2.05, 4.69) is 28.2 Å². The van der Waals surface area contributed by atoms with Crippen molar-refractivity contribution in [1.29, 1.82) is 0 Å². The van der Waals surface area contributed by atoms with Gasteiger partial charge in [0.05, 0.1) is 11.1 Å². The quantitative estimate of drug-likeness (QED) is 0.722. The molecule has 2 heterocycles. The zero-order valence-electron chi connectivity index (χ0n) is 13.3. The molecule has 0 radical (unpaired) electrons. The maximum Gasteiger partial charge on any atom is 0.263 e. The lowest BCUT2D eigenvalue weighted by Gasteiger charge is -2.38. The highest BCUT2D eigenvalue weighted by Gasteiger charge is 2.27. The molecule has 1 saturated heterocycles. The standard InChI is InChI=1S/C14H19ClN5O2PS2/c15-11-7-9(25(21,22)19-14-17-8-18-24-14)4-5-10(11)13(16)20-6-2-1-3-12(20)23/h4-5,7-8,12-13H,1-3,6,16,23H2,(H,17,18,19)/t12-,13-/m1/s1. The molecule has 3 N–H and O–H groups in total. The first-order chi connectivity index (χ1) is 11.9. The summed E-state index contributed by atoms with van der Waals surface area (Å²) in [6.07, 6.45) is 4.25. The number of nitrogens with two attached hydrogens (primary N) is 1. The van der Waals surface area contributed by atoms with Crippen molar-refractivity contribution in [3.05, 3.63) is 35.1 Å². The van der Waals surface area contributed by atoms with E-state index in [1.165, 1.54) is 24.9 Å². The molecular formula is C14H19ClN5O2PS2. The highest BCUT2D eigenvalue weighted by atomic mass is 35.5. The van der Waals surface area contributed by atoms with Crippen molar-refractivity contribution in [3.8, 4) is 0 Å². The number of rotatable bonds is 5. The monoisotopic (exact) mass is 419 g/mol. The van der Waals surface area contributed by atoms with Crippen LogP contribution in [0, 0.1) is 0 Å². The van der Waals surface area contributed by atoms with Crippen LogP contribution in [0.25, 0.3) is 0 Å². The van der Waals surface area contributed by atoms with E-state index in [9.17, 15) is 8.42 Å². The molecule has 3 atom stereocenters. The molecule has 136 valence electrons. The molecule has 0 saturated carbocycles. The normalized spacial score (nSPS) is 20.4. The van der Waals surface area contributed by atoms with E-state index in [1.807, 2.05) is 0 Å². The Morgan fingerprint density at radius 3 is 2.88 bits per heavy atom. The molecule has 1 aromatic carbocycles. The van der Waals surface area contributed by atoms with Gasteiger partial charge in [0.25, 0.3) is 10.0 Å². The number of anilines is 1. The third kappa shape index (κ3) is 4.30. The van der Waals surface area contributed by atoms with Crippen molar-refractivity contribution in [3.63, 3.8) is 0 Å². The summed E-state index contributed by atoms with van der Waals surface area (Å²) in [4.78, 5) is 6.05. The number of aromatic nitrogens is 2. The minimum Gasteiger partial charge on any atom is -0.312 e. The maximum atomic E-state index is 12.4. The molecule has 25 heavy (non-hydrogen) atoms. The smallest absolute Gasteiger partial charge is 0.263 e. The number of piperidine rings is 1. The number of nitrogens with zero attached hydrogens (tertiary/aromatic N) is 3. The summed E-state index contributed by atoms with van der Waals surface area (Å²) in [5.41, 5.74) is 7.09. The van der Waals surface area contributed by atoms with E-state index in [-0.39, 0.29) is 16.2 Å². The van der Waals surface area contributed by atoms with E-state index in [4.69, 9.17) is 17.3 Å². The Bertz CT molecular complexity index is 834. The van der Waals surface area contributed by atoms with Crippen LogP contribution in [0.2, 0.25) is 5.02 Å². The van der Waals surface area contributed by atoms with Crippen LogP contribution in [0.3, 0.4) is 0 Å². The number of likely N-dealkylation sites (tertiary alicyclic amines) is 1. The lowest BCUT2D eigenvalue weighted by Crippen LogP contribution is -2.42. The topological polar surface area (TPSA) is 101 Å². The summed E-state index contributed by atoms with van der Waals surface area (Å²) >= 11 is 7.31. The van der Waals surface area contributed by atoms with Gasteiger partial charge in [0.2, 0.25) is 5.13 Å². The highest BCUT2D eigenvalue weighted by molar-refractivity contribution is 7.93. The van der Waals surface area contributed by atoms with Gasteiger partial charge in [-0.05, 0) is 25.0 Å². The molecule has 2 aromatic rings. The number of halogens is 1. The average molecular weight is 420 g/mol. The molecule has 0 aliphatic carbocycles. The molecule has 0 amide bonds. The molecule has 0 spiro atoms. The van der Waals surface area contributed by atoms with Crippen LogP contribution in [0.1, 0.15) is 31.0 Å². The molecular weight excluding hydrogens is 401 g/mol. The summed E-state index contributed by atoms with van der Waals surface area (Å²) < 4.78 is 31.0. The number of hydrogen-bond acceptors (Lipinski definition) is 7. The molecule has 1 aliphatic rings. The van der Waals surface area contributed by atoms with E-state index < -0.39 is 10.0 Å². The summed E-state index contributed by atoms with van der Waals surface area (Å²) in [7, 11) is -0.956. The Balaban J connectivity index is 1.83. The zero-order chi connectivity index (χ0) is 18.0. The molecule has 1 aliphatic heterocycles. The van der Waals surface area contributed by atoms with Crippen molar-refractivity contribution < 1.29 is 8.42 Å². The number of hydrogen-bond donors (Lipinski definition) is 2. The predicted molar refractivity (Wildman–Crippen MR) is 103 cm³/mol. The number of sulfonamides is 1. The zero-order valence-corrected chi connectivity index (χ0v) is 16.8. The summed E-state index contributed by atoms with van der Waals surface area (Å²) in [6.45, 7) is 0.893. The maximum absolute atomic E-state index is 12.4. The van der Waals surface area contributed by atoms with E-state index >= 15 is 0 Å². The number of nitrogens with one attached hydrogen (secondary N) is 1. The molecule has 11 heteroatoms. The Kier molecular flexibility index (Phi) is 5.92. The van der Waals surface area contributed by atoms with Gasteiger partial charge in [-0.15, -0.1) is 9.24 Å². The fourth-order valence-corrected chi connectivity index (χ4v) is 5.42. The van der Waals surface area contributed by atoms with Crippen LogP contribution in [0.4, 0.5) is 5.13 Å². The minimum atomic E-state index is -3.77. The largest absolute Gasteiger partial charge is 0.312 e. The summed E-state index contributed by atoms with van der Waals surface area (Å²) in [6, 6.07) is 4.60. The second kappa shape index (κ2) is 7.82. The second-order valence-corrected chi connectivity index (χ2v) is 9.42. The fourth-order valence-electron chi connectivity index (χ4n) is 2.81. The van der Waals surface area contributed by atoms with Crippen molar-refractivity contribution >= 4 is 47.5 Å². The number of benzene rings is 1. The first-order valence-corrected chi connectivity index (χ1v) is 11.0. The van der Waals surface area contributed by atoms with Gasteiger partial charge in [-0.25, -0.2) is 13.4 Å². The summed E-state index contributed by atoms with van der Waals surface area (Å²) in [5.74, 6) is 0.294. The van der Waals surface area contributed by atoms with Crippen LogP contribution >= 0.6 is 32.4 Å². The lowest BCUT2D eigenvalue weighted by atomic mass is 10.1. The predicted octanol–water partition coefficient (Wildman–Crippen LogP) is 2.64. The molecule has 7 nitrogen and oxygen atoms in total. The van der Waals surface area contributed by atoms with Crippen molar-refractivity contribution in [2.75, 3.05) is 11.3 Å².